The van der Waals surface area contributed by atoms with Crippen LogP contribution in [0.1, 0.15) is 110 Å². The predicted octanol–water partition coefficient (Wildman–Crippen LogP) is 6.44. The molecule has 1 amide bonds. The summed E-state index contributed by atoms with van der Waals surface area (Å²) in [5, 5.41) is 19.5. The van der Waals surface area contributed by atoms with Gasteiger partial charge in [-0.2, -0.15) is 11.8 Å². The molecule has 6 nitrogen and oxygen atoms in total. The van der Waals surface area contributed by atoms with E-state index in [9.17, 15) is 14.4 Å². The Morgan fingerprint density at radius 2 is 1.34 bits per heavy atom. The molecule has 0 aromatic heterocycles. The van der Waals surface area contributed by atoms with Crippen LogP contribution in [0.3, 0.4) is 0 Å². The van der Waals surface area contributed by atoms with E-state index in [2.05, 4.69) is 24.4 Å². The largest absolute Gasteiger partial charge is 0.481 e. The summed E-state index contributed by atoms with van der Waals surface area (Å²) < 4.78 is 0. The van der Waals surface area contributed by atoms with Crippen molar-refractivity contribution in [2.24, 2.45) is 0 Å². The maximum Gasteiger partial charge on any atom is 0.326 e. The second kappa shape index (κ2) is 25.8. The number of hydrogen-bond donors (Lipinski definition) is 3. The van der Waals surface area contributed by atoms with Crippen molar-refractivity contribution in [1.82, 2.24) is 5.32 Å². The van der Waals surface area contributed by atoms with Gasteiger partial charge in [0, 0.05) is 13.3 Å². The van der Waals surface area contributed by atoms with Crippen LogP contribution in [-0.2, 0) is 14.4 Å². The van der Waals surface area contributed by atoms with Crippen LogP contribution in [0.4, 0.5) is 0 Å². The van der Waals surface area contributed by atoms with Gasteiger partial charge >= 0.3 is 11.9 Å². The highest BCUT2D eigenvalue weighted by molar-refractivity contribution is 7.98. The van der Waals surface area contributed by atoms with Gasteiger partial charge in [-0.05, 0) is 50.5 Å². The SMILES string of the molecule is CCCCCCCCC=CCCCCCCCC(=O)O.CSCCC(NC(C)=O)C(=O)O. The first-order valence-corrected chi connectivity index (χ1v) is 13.6. The number of amides is 1. The molecular weight excluding hydrogens is 426 g/mol. The standard InChI is InChI=1S/C18H34O2.C7H13NO3S/c1-2-3-4-5-6-7-8-9-10-11-12-13-14-15-16-17-18(19)20;1-5(9)8-6(7(10)11)3-4-12-2/h9-10H,2-8,11-17H2,1H3,(H,19,20);6H,3-4H2,1-2H3,(H,8,9)(H,10,11). The Hall–Kier alpha value is -1.50. The average Bonchev–Trinajstić information content (AvgIpc) is 2.73. The van der Waals surface area contributed by atoms with Crippen molar-refractivity contribution < 1.29 is 24.6 Å². The zero-order chi connectivity index (χ0) is 24.5. The summed E-state index contributed by atoms with van der Waals surface area (Å²) in [5.41, 5.74) is 0. The summed E-state index contributed by atoms with van der Waals surface area (Å²) in [6.07, 6.45) is 23.6. The molecule has 0 heterocycles. The van der Waals surface area contributed by atoms with E-state index in [0.717, 1.165) is 18.6 Å². The third-order valence-corrected chi connectivity index (χ3v) is 5.58. The summed E-state index contributed by atoms with van der Waals surface area (Å²) in [6, 6.07) is -0.741. The number of thioether (sulfide) groups is 1. The van der Waals surface area contributed by atoms with Crippen molar-refractivity contribution in [1.29, 1.82) is 0 Å². The van der Waals surface area contributed by atoms with Crippen molar-refractivity contribution in [3.05, 3.63) is 12.2 Å². The first-order chi connectivity index (χ1) is 15.3. The normalized spacial score (nSPS) is 11.6. The number of allylic oxidation sites excluding steroid dienone is 2. The van der Waals surface area contributed by atoms with Crippen LogP contribution in [0.5, 0.6) is 0 Å². The van der Waals surface area contributed by atoms with Gasteiger partial charge in [0.05, 0.1) is 0 Å². The molecule has 1 atom stereocenters. The van der Waals surface area contributed by atoms with Crippen molar-refractivity contribution >= 4 is 29.6 Å². The second-order valence-electron chi connectivity index (χ2n) is 8.10. The highest BCUT2D eigenvalue weighted by atomic mass is 32.2. The monoisotopic (exact) mass is 473 g/mol. The quantitative estimate of drug-likeness (QED) is 0.139. The molecule has 188 valence electrons. The van der Waals surface area contributed by atoms with Crippen molar-refractivity contribution in [2.75, 3.05) is 12.0 Å². The van der Waals surface area contributed by atoms with Gasteiger partial charge in [-0.3, -0.25) is 9.59 Å². The van der Waals surface area contributed by atoms with Gasteiger partial charge in [0.15, 0.2) is 0 Å². The lowest BCUT2D eigenvalue weighted by atomic mass is 10.1. The fraction of sp³-hybridized carbons (Fsp3) is 0.800. The van der Waals surface area contributed by atoms with Crippen molar-refractivity contribution in [3.8, 4) is 0 Å². The Morgan fingerprint density at radius 3 is 1.78 bits per heavy atom. The van der Waals surface area contributed by atoms with E-state index in [4.69, 9.17) is 10.2 Å². The fourth-order valence-corrected chi connectivity index (χ4v) is 3.56. The van der Waals surface area contributed by atoms with E-state index in [-0.39, 0.29) is 5.91 Å². The number of carboxylic acid groups (broad SMARTS) is 2. The number of carbonyl (C=O) groups is 3. The maximum absolute atomic E-state index is 10.5. The minimum absolute atomic E-state index is 0.302. The minimum atomic E-state index is -0.973. The third kappa shape index (κ3) is 28.5. The number of hydrogen-bond acceptors (Lipinski definition) is 4. The predicted molar refractivity (Wildman–Crippen MR) is 135 cm³/mol. The Kier molecular flexibility index (Phi) is 26.3. The van der Waals surface area contributed by atoms with Gasteiger partial charge in [0.2, 0.25) is 5.91 Å². The van der Waals surface area contributed by atoms with Crippen LogP contribution in [0, 0.1) is 0 Å². The lowest BCUT2D eigenvalue weighted by molar-refractivity contribution is -0.141. The topological polar surface area (TPSA) is 104 Å². The molecule has 0 saturated carbocycles. The van der Waals surface area contributed by atoms with E-state index in [0.29, 0.717) is 12.8 Å². The van der Waals surface area contributed by atoms with Gasteiger partial charge < -0.3 is 15.5 Å². The number of carbonyl (C=O) groups excluding carboxylic acids is 1. The van der Waals surface area contributed by atoms with E-state index in [1.807, 2.05) is 6.26 Å². The third-order valence-electron chi connectivity index (χ3n) is 4.94. The first kappa shape index (κ1) is 32.7. The Labute approximate surface area is 200 Å². The molecule has 0 aromatic rings. The number of unbranched alkanes of at least 4 members (excludes halogenated alkanes) is 11. The Bertz CT molecular complexity index is 497. The van der Waals surface area contributed by atoms with Gasteiger partial charge in [0.25, 0.3) is 0 Å². The highest BCUT2D eigenvalue weighted by Crippen LogP contribution is 2.09. The molecule has 0 radical (unpaired) electrons. The first-order valence-electron chi connectivity index (χ1n) is 12.2. The Balaban J connectivity index is 0. The molecule has 32 heavy (non-hydrogen) atoms. The highest BCUT2D eigenvalue weighted by Gasteiger charge is 2.16. The molecule has 7 heteroatoms. The van der Waals surface area contributed by atoms with Crippen LogP contribution in [0.15, 0.2) is 12.2 Å². The molecule has 0 aliphatic rings. The summed E-state index contributed by atoms with van der Waals surface area (Å²) in [5.74, 6) is -1.21. The molecule has 0 aliphatic heterocycles. The van der Waals surface area contributed by atoms with Gasteiger partial charge in [0.1, 0.15) is 6.04 Å². The van der Waals surface area contributed by atoms with Crippen LogP contribution >= 0.6 is 11.8 Å². The minimum Gasteiger partial charge on any atom is -0.481 e. The van der Waals surface area contributed by atoms with E-state index >= 15 is 0 Å². The lowest BCUT2D eigenvalue weighted by Crippen LogP contribution is -2.39. The molecule has 0 fully saturated rings. The molecule has 0 aromatic carbocycles. The number of rotatable bonds is 20. The molecule has 3 N–H and O–H groups in total. The molecular formula is C25H47NO5S. The summed E-state index contributed by atoms with van der Waals surface area (Å²) in [6.45, 7) is 3.57. The summed E-state index contributed by atoms with van der Waals surface area (Å²) in [7, 11) is 0. The van der Waals surface area contributed by atoms with Crippen LogP contribution in [0.25, 0.3) is 0 Å². The lowest BCUT2D eigenvalue weighted by Gasteiger charge is -2.11. The average molecular weight is 474 g/mol. The fourth-order valence-electron chi connectivity index (χ4n) is 3.09. The molecule has 0 aliphatic carbocycles. The van der Waals surface area contributed by atoms with E-state index < -0.39 is 18.0 Å². The number of aliphatic carboxylic acids is 2. The van der Waals surface area contributed by atoms with Gasteiger partial charge in [-0.1, -0.05) is 70.4 Å². The van der Waals surface area contributed by atoms with Crippen molar-refractivity contribution in [3.63, 3.8) is 0 Å². The van der Waals surface area contributed by atoms with Crippen LogP contribution in [0.2, 0.25) is 0 Å². The number of carboxylic acids is 2. The van der Waals surface area contributed by atoms with Crippen molar-refractivity contribution in [2.45, 2.75) is 116 Å². The van der Waals surface area contributed by atoms with E-state index in [1.54, 1.807) is 11.8 Å². The summed E-state index contributed by atoms with van der Waals surface area (Å²) >= 11 is 1.56. The number of nitrogens with one attached hydrogen (secondary N) is 1. The smallest absolute Gasteiger partial charge is 0.326 e. The van der Waals surface area contributed by atoms with Crippen LogP contribution < -0.4 is 5.32 Å². The zero-order valence-corrected chi connectivity index (χ0v) is 21.4. The maximum atomic E-state index is 10.5. The molecule has 0 rings (SSSR count). The van der Waals surface area contributed by atoms with E-state index in [1.165, 1.54) is 77.6 Å². The van der Waals surface area contributed by atoms with Gasteiger partial charge in [-0.15, -0.1) is 0 Å². The zero-order valence-electron chi connectivity index (χ0n) is 20.6. The van der Waals surface area contributed by atoms with Gasteiger partial charge in [-0.25, -0.2) is 4.79 Å². The summed E-state index contributed by atoms with van der Waals surface area (Å²) in [4.78, 5) is 31.4. The molecule has 0 bridgehead atoms. The Morgan fingerprint density at radius 1 is 0.844 bits per heavy atom. The van der Waals surface area contributed by atoms with Crippen LogP contribution in [-0.4, -0.2) is 46.1 Å². The molecule has 0 saturated heterocycles. The molecule has 0 spiro atoms. The molecule has 1 unspecified atom stereocenters. The second-order valence-corrected chi connectivity index (χ2v) is 9.09.